The van der Waals surface area contributed by atoms with Gasteiger partial charge in [-0.2, -0.15) is 8.78 Å². The van der Waals surface area contributed by atoms with Crippen LogP contribution in [-0.2, 0) is 6.42 Å². The third-order valence-electron chi connectivity index (χ3n) is 4.56. The molecule has 6 nitrogen and oxygen atoms in total. The van der Waals surface area contributed by atoms with Crippen molar-refractivity contribution in [2.24, 2.45) is 0 Å². The van der Waals surface area contributed by atoms with Gasteiger partial charge in [-0.15, -0.1) is 5.10 Å². The number of halogens is 2. The van der Waals surface area contributed by atoms with Crippen LogP contribution >= 0.6 is 0 Å². The highest BCUT2D eigenvalue weighted by atomic mass is 19.3. The SMILES string of the molecule is CCc1c(C(=O)NC2CCCCC2)nnn1-c1ccc(OC(F)F)cc1. The number of nitrogens with one attached hydrogen (secondary N) is 1. The maximum Gasteiger partial charge on any atom is 0.387 e. The molecule has 1 aliphatic carbocycles. The predicted molar refractivity (Wildman–Crippen MR) is 91.7 cm³/mol. The van der Waals surface area contributed by atoms with Crippen LogP contribution in [0.1, 0.15) is 55.2 Å². The molecule has 1 N–H and O–H groups in total. The lowest BCUT2D eigenvalue weighted by Crippen LogP contribution is -2.36. The number of aromatic nitrogens is 3. The number of carbonyl (C=O) groups excluding carboxylic acids is 1. The first-order valence-electron chi connectivity index (χ1n) is 8.89. The third-order valence-corrected chi connectivity index (χ3v) is 4.56. The number of benzene rings is 1. The minimum absolute atomic E-state index is 0.0668. The van der Waals surface area contributed by atoms with Crippen molar-refractivity contribution in [3.05, 3.63) is 35.7 Å². The third kappa shape index (κ3) is 4.17. The Morgan fingerprint density at radius 2 is 1.96 bits per heavy atom. The van der Waals surface area contributed by atoms with Crippen LogP contribution in [0.15, 0.2) is 24.3 Å². The molecular formula is C18H22F2N4O2. The summed E-state index contributed by atoms with van der Waals surface area (Å²) >= 11 is 0. The summed E-state index contributed by atoms with van der Waals surface area (Å²) in [4.78, 5) is 12.6. The second-order valence-corrected chi connectivity index (χ2v) is 6.33. The Balaban J connectivity index is 1.78. The van der Waals surface area contributed by atoms with Crippen LogP contribution in [0.2, 0.25) is 0 Å². The molecule has 8 heteroatoms. The second-order valence-electron chi connectivity index (χ2n) is 6.33. The molecule has 0 spiro atoms. The Bertz CT molecular complexity index is 740. The van der Waals surface area contributed by atoms with Crippen molar-refractivity contribution in [2.75, 3.05) is 0 Å². The summed E-state index contributed by atoms with van der Waals surface area (Å²) in [6, 6.07) is 6.27. The number of hydrogen-bond acceptors (Lipinski definition) is 4. The molecule has 2 aromatic rings. The zero-order chi connectivity index (χ0) is 18.5. The summed E-state index contributed by atoms with van der Waals surface area (Å²) in [6.07, 6.45) is 6.03. The van der Waals surface area contributed by atoms with Crippen molar-refractivity contribution in [2.45, 2.75) is 58.1 Å². The largest absolute Gasteiger partial charge is 0.435 e. The van der Waals surface area contributed by atoms with E-state index in [-0.39, 0.29) is 17.7 Å². The molecule has 0 bridgehead atoms. The van der Waals surface area contributed by atoms with Gasteiger partial charge in [0, 0.05) is 6.04 Å². The molecular weight excluding hydrogens is 342 g/mol. The summed E-state index contributed by atoms with van der Waals surface area (Å²) in [5, 5.41) is 11.2. The van der Waals surface area contributed by atoms with E-state index < -0.39 is 6.61 Å². The van der Waals surface area contributed by atoms with Gasteiger partial charge in [-0.1, -0.05) is 31.4 Å². The lowest BCUT2D eigenvalue weighted by atomic mass is 9.95. The van der Waals surface area contributed by atoms with E-state index in [2.05, 4.69) is 20.4 Å². The van der Waals surface area contributed by atoms with Gasteiger partial charge in [-0.3, -0.25) is 4.79 Å². The fourth-order valence-corrected chi connectivity index (χ4v) is 3.27. The highest BCUT2D eigenvalue weighted by Gasteiger charge is 2.23. The summed E-state index contributed by atoms with van der Waals surface area (Å²) in [6.45, 7) is -0.950. The van der Waals surface area contributed by atoms with Crippen LogP contribution in [-0.4, -0.2) is 33.6 Å². The van der Waals surface area contributed by atoms with Gasteiger partial charge in [0.1, 0.15) is 5.75 Å². The minimum Gasteiger partial charge on any atom is -0.435 e. The summed E-state index contributed by atoms with van der Waals surface area (Å²) in [5.74, 6) is -0.144. The van der Waals surface area contributed by atoms with Crippen molar-refractivity contribution < 1.29 is 18.3 Å². The molecule has 1 saturated carbocycles. The Morgan fingerprint density at radius 1 is 1.27 bits per heavy atom. The number of hydrogen-bond donors (Lipinski definition) is 1. The van der Waals surface area contributed by atoms with Crippen molar-refractivity contribution in [1.29, 1.82) is 0 Å². The Hall–Kier alpha value is -2.51. The quantitative estimate of drug-likeness (QED) is 0.852. The van der Waals surface area contributed by atoms with Crippen LogP contribution in [0.4, 0.5) is 8.78 Å². The maximum atomic E-state index is 12.6. The summed E-state index contributed by atoms with van der Waals surface area (Å²) in [7, 11) is 0. The van der Waals surface area contributed by atoms with Gasteiger partial charge in [0.05, 0.1) is 11.4 Å². The van der Waals surface area contributed by atoms with E-state index in [1.54, 1.807) is 16.8 Å². The number of amides is 1. The highest BCUT2D eigenvalue weighted by molar-refractivity contribution is 5.93. The Morgan fingerprint density at radius 3 is 2.58 bits per heavy atom. The van der Waals surface area contributed by atoms with E-state index >= 15 is 0 Å². The molecule has 0 radical (unpaired) electrons. The lowest BCUT2D eigenvalue weighted by molar-refractivity contribution is -0.0498. The van der Waals surface area contributed by atoms with E-state index in [0.29, 0.717) is 23.5 Å². The molecule has 1 amide bonds. The van der Waals surface area contributed by atoms with E-state index in [4.69, 9.17) is 0 Å². The zero-order valence-corrected chi connectivity index (χ0v) is 14.6. The average Bonchev–Trinajstić information content (AvgIpc) is 3.07. The van der Waals surface area contributed by atoms with E-state index in [1.165, 1.54) is 18.6 Å². The normalized spacial score (nSPS) is 15.2. The number of carbonyl (C=O) groups is 1. The molecule has 3 rings (SSSR count). The van der Waals surface area contributed by atoms with Crippen molar-refractivity contribution in [3.63, 3.8) is 0 Å². The van der Waals surface area contributed by atoms with Gasteiger partial charge >= 0.3 is 6.61 Å². The van der Waals surface area contributed by atoms with Crippen molar-refractivity contribution in [1.82, 2.24) is 20.3 Å². The average molecular weight is 364 g/mol. The van der Waals surface area contributed by atoms with Crippen molar-refractivity contribution in [3.8, 4) is 11.4 Å². The van der Waals surface area contributed by atoms with Gasteiger partial charge in [0.2, 0.25) is 0 Å². The molecule has 26 heavy (non-hydrogen) atoms. The van der Waals surface area contributed by atoms with Crippen LogP contribution in [0.3, 0.4) is 0 Å². The molecule has 0 atom stereocenters. The first kappa shape index (κ1) is 18.3. The first-order valence-corrected chi connectivity index (χ1v) is 8.89. The smallest absolute Gasteiger partial charge is 0.387 e. The second kappa shape index (κ2) is 8.25. The number of alkyl halides is 2. The fraction of sp³-hybridized carbons (Fsp3) is 0.500. The molecule has 0 saturated heterocycles. The highest BCUT2D eigenvalue weighted by Crippen LogP contribution is 2.21. The molecule has 1 aromatic carbocycles. The number of ether oxygens (including phenoxy) is 1. The molecule has 0 aliphatic heterocycles. The monoisotopic (exact) mass is 364 g/mol. The zero-order valence-electron chi connectivity index (χ0n) is 14.6. The van der Waals surface area contributed by atoms with Gasteiger partial charge in [-0.25, -0.2) is 4.68 Å². The van der Waals surface area contributed by atoms with E-state index in [0.717, 1.165) is 25.7 Å². The number of nitrogens with zero attached hydrogens (tertiary/aromatic N) is 3. The minimum atomic E-state index is -2.87. The van der Waals surface area contributed by atoms with Gasteiger partial charge in [0.25, 0.3) is 5.91 Å². The Kier molecular flexibility index (Phi) is 5.80. The van der Waals surface area contributed by atoms with E-state index in [9.17, 15) is 13.6 Å². The van der Waals surface area contributed by atoms with Crippen LogP contribution in [0.25, 0.3) is 5.69 Å². The van der Waals surface area contributed by atoms with Crippen LogP contribution in [0, 0.1) is 0 Å². The van der Waals surface area contributed by atoms with Gasteiger partial charge < -0.3 is 10.1 Å². The molecule has 1 aromatic heterocycles. The van der Waals surface area contributed by atoms with Gasteiger partial charge in [-0.05, 0) is 43.5 Å². The van der Waals surface area contributed by atoms with Gasteiger partial charge in [0.15, 0.2) is 5.69 Å². The first-order chi connectivity index (χ1) is 12.6. The summed E-state index contributed by atoms with van der Waals surface area (Å²) in [5.41, 5.74) is 1.62. The molecule has 1 fully saturated rings. The predicted octanol–water partition coefficient (Wildman–Crippen LogP) is 3.49. The summed E-state index contributed by atoms with van der Waals surface area (Å²) < 4.78 is 30.4. The van der Waals surface area contributed by atoms with Crippen LogP contribution in [0.5, 0.6) is 5.75 Å². The maximum absolute atomic E-state index is 12.6. The molecule has 140 valence electrons. The standard InChI is InChI=1S/C18H22F2N4O2/c1-2-15-16(17(25)21-12-6-4-3-5-7-12)22-23-24(15)13-8-10-14(11-9-13)26-18(19)20/h8-12,18H,2-7H2,1H3,(H,21,25). The molecule has 1 heterocycles. The van der Waals surface area contributed by atoms with Crippen LogP contribution < -0.4 is 10.1 Å². The fourth-order valence-electron chi connectivity index (χ4n) is 3.27. The lowest BCUT2D eigenvalue weighted by Gasteiger charge is -2.22. The molecule has 0 unspecified atom stereocenters. The van der Waals surface area contributed by atoms with Crippen molar-refractivity contribution >= 4 is 5.91 Å². The number of rotatable bonds is 6. The van der Waals surface area contributed by atoms with E-state index in [1.807, 2.05) is 6.92 Å². The molecule has 1 aliphatic rings. The topological polar surface area (TPSA) is 69.0 Å². The Labute approximate surface area is 150 Å².